The number of nitrogens with zero attached hydrogens (tertiary/aromatic N) is 2. The molecule has 0 bridgehead atoms. The van der Waals surface area contributed by atoms with Crippen LogP contribution in [0.1, 0.15) is 44.7 Å². The van der Waals surface area contributed by atoms with Crippen molar-refractivity contribution in [2.45, 2.75) is 39.3 Å². The number of amides is 2. The minimum absolute atomic E-state index is 0.0711. The van der Waals surface area contributed by atoms with E-state index in [0.717, 1.165) is 0 Å². The molecule has 1 heterocycles. The maximum absolute atomic E-state index is 12.9. The molecule has 0 saturated heterocycles. The summed E-state index contributed by atoms with van der Waals surface area (Å²) in [6, 6.07) is 14.7. The van der Waals surface area contributed by atoms with E-state index in [1.807, 2.05) is 38.1 Å². The van der Waals surface area contributed by atoms with Crippen molar-refractivity contribution in [2.75, 3.05) is 11.9 Å². The molecule has 2 aromatic carbocycles. The first-order valence-electron chi connectivity index (χ1n) is 9.25. The smallest absolute Gasteiger partial charge is 0.275 e. The lowest BCUT2D eigenvalue weighted by Gasteiger charge is -2.28. The number of nitrogens with one attached hydrogen (secondary N) is 1. The van der Waals surface area contributed by atoms with Crippen LogP contribution in [-0.2, 0) is 9.59 Å². The van der Waals surface area contributed by atoms with Crippen molar-refractivity contribution in [3.8, 4) is 0 Å². The molecule has 0 fully saturated rings. The van der Waals surface area contributed by atoms with Gasteiger partial charge in [-0.15, -0.1) is 0 Å². The topological polar surface area (TPSA) is 61.8 Å². The molecule has 0 spiro atoms. The van der Waals surface area contributed by atoms with E-state index in [-0.39, 0.29) is 18.4 Å². The highest BCUT2D eigenvalue weighted by molar-refractivity contribution is 6.47. The number of aliphatic imine (C=N–C) groups is 1. The summed E-state index contributed by atoms with van der Waals surface area (Å²) in [6.45, 7) is 7.80. The van der Waals surface area contributed by atoms with Gasteiger partial charge in [-0.25, -0.2) is 0 Å². The number of carbonyl (C=O) groups is 2. The van der Waals surface area contributed by atoms with Gasteiger partial charge >= 0.3 is 0 Å². The molecule has 0 saturated carbocycles. The molecule has 2 amide bonds. The fourth-order valence-electron chi connectivity index (χ4n) is 3.11. The van der Waals surface area contributed by atoms with Crippen LogP contribution >= 0.6 is 11.6 Å². The van der Waals surface area contributed by atoms with Gasteiger partial charge in [0.15, 0.2) is 0 Å². The van der Waals surface area contributed by atoms with Gasteiger partial charge in [0, 0.05) is 16.3 Å². The number of rotatable bonds is 5. The Morgan fingerprint density at radius 1 is 1.11 bits per heavy atom. The zero-order valence-corrected chi connectivity index (χ0v) is 17.2. The van der Waals surface area contributed by atoms with Crippen LogP contribution in [-0.4, -0.2) is 34.6 Å². The Hall–Kier alpha value is -2.66. The van der Waals surface area contributed by atoms with Crippen LogP contribution in [0.2, 0.25) is 5.02 Å². The average molecular weight is 398 g/mol. The molecule has 28 heavy (non-hydrogen) atoms. The first-order valence-corrected chi connectivity index (χ1v) is 9.63. The first-order chi connectivity index (χ1) is 13.2. The van der Waals surface area contributed by atoms with E-state index in [1.165, 1.54) is 10.5 Å². The Morgan fingerprint density at radius 2 is 1.71 bits per heavy atom. The van der Waals surface area contributed by atoms with E-state index < -0.39 is 5.66 Å². The van der Waals surface area contributed by atoms with Crippen LogP contribution in [0.5, 0.6) is 0 Å². The van der Waals surface area contributed by atoms with Crippen LogP contribution in [0.4, 0.5) is 5.69 Å². The van der Waals surface area contributed by atoms with Gasteiger partial charge in [-0.05, 0) is 49.6 Å². The van der Waals surface area contributed by atoms with Crippen molar-refractivity contribution >= 4 is 34.8 Å². The number of carbonyl (C=O) groups excluding carboxylic acids is 2. The molecule has 3 rings (SSSR count). The summed E-state index contributed by atoms with van der Waals surface area (Å²) < 4.78 is 0. The lowest BCUT2D eigenvalue weighted by molar-refractivity contribution is -0.131. The minimum atomic E-state index is -0.801. The zero-order valence-electron chi connectivity index (χ0n) is 16.5. The second kappa shape index (κ2) is 7.76. The van der Waals surface area contributed by atoms with Crippen molar-refractivity contribution < 1.29 is 9.59 Å². The lowest BCUT2D eigenvalue weighted by Crippen LogP contribution is -2.46. The molecule has 2 aromatic rings. The Kier molecular flexibility index (Phi) is 5.57. The fraction of sp³-hybridized carbons (Fsp3) is 0.318. The number of hydrogen-bond acceptors (Lipinski definition) is 3. The Balaban J connectivity index is 1.70. The summed E-state index contributed by atoms with van der Waals surface area (Å²) in [6.07, 6.45) is 0. The number of anilines is 1. The van der Waals surface area contributed by atoms with Gasteiger partial charge in [0.25, 0.3) is 5.91 Å². The normalized spacial score (nSPS) is 15.7. The van der Waals surface area contributed by atoms with Crippen LogP contribution in [0, 0.1) is 0 Å². The van der Waals surface area contributed by atoms with Gasteiger partial charge in [0.2, 0.25) is 5.91 Å². The minimum Gasteiger partial charge on any atom is -0.325 e. The summed E-state index contributed by atoms with van der Waals surface area (Å²) in [5, 5.41) is 3.45. The maximum atomic E-state index is 12.9. The van der Waals surface area contributed by atoms with Crippen LogP contribution in [0.25, 0.3) is 0 Å². The van der Waals surface area contributed by atoms with Gasteiger partial charge in [-0.2, -0.15) is 0 Å². The maximum Gasteiger partial charge on any atom is 0.275 e. The molecule has 0 aliphatic carbocycles. The quantitative estimate of drug-likeness (QED) is 0.809. The molecule has 1 aliphatic heterocycles. The molecular weight excluding hydrogens is 374 g/mol. The van der Waals surface area contributed by atoms with Gasteiger partial charge in [0.05, 0.1) is 0 Å². The second-order valence-electron chi connectivity index (χ2n) is 7.68. The van der Waals surface area contributed by atoms with E-state index in [0.29, 0.717) is 27.9 Å². The summed E-state index contributed by atoms with van der Waals surface area (Å²) >= 11 is 5.92. The number of benzene rings is 2. The van der Waals surface area contributed by atoms with E-state index in [1.54, 1.807) is 24.3 Å². The molecule has 1 N–H and O–H groups in total. The number of halogens is 1. The van der Waals surface area contributed by atoms with Crippen molar-refractivity contribution in [2.24, 2.45) is 4.99 Å². The molecule has 5 nitrogen and oxygen atoms in total. The summed E-state index contributed by atoms with van der Waals surface area (Å²) in [4.78, 5) is 31.5. The van der Waals surface area contributed by atoms with Gasteiger partial charge < -0.3 is 10.2 Å². The van der Waals surface area contributed by atoms with Crippen molar-refractivity contribution in [1.29, 1.82) is 0 Å². The molecular formula is C22H24ClN3O2. The molecule has 0 unspecified atom stereocenters. The molecule has 0 aromatic heterocycles. The molecule has 0 radical (unpaired) electrons. The van der Waals surface area contributed by atoms with Crippen LogP contribution in [0.3, 0.4) is 0 Å². The van der Waals surface area contributed by atoms with Crippen molar-refractivity contribution in [3.05, 3.63) is 64.7 Å². The third-order valence-corrected chi connectivity index (χ3v) is 5.03. The molecule has 6 heteroatoms. The monoisotopic (exact) mass is 397 g/mol. The largest absolute Gasteiger partial charge is 0.325 e. The van der Waals surface area contributed by atoms with Crippen molar-refractivity contribution in [3.63, 3.8) is 0 Å². The lowest BCUT2D eigenvalue weighted by atomic mass is 10.0. The predicted octanol–water partition coefficient (Wildman–Crippen LogP) is 4.47. The third-order valence-electron chi connectivity index (χ3n) is 4.77. The highest BCUT2D eigenvalue weighted by Gasteiger charge is 2.41. The van der Waals surface area contributed by atoms with Gasteiger partial charge in [0.1, 0.15) is 17.9 Å². The third kappa shape index (κ3) is 4.25. The summed E-state index contributed by atoms with van der Waals surface area (Å²) in [7, 11) is 0. The van der Waals surface area contributed by atoms with Crippen LogP contribution in [0.15, 0.2) is 53.5 Å². The first kappa shape index (κ1) is 20.1. The highest BCUT2D eigenvalue weighted by Crippen LogP contribution is 2.27. The van der Waals surface area contributed by atoms with Gasteiger partial charge in [-0.1, -0.05) is 49.7 Å². The summed E-state index contributed by atoms with van der Waals surface area (Å²) in [5.41, 5.74) is 2.14. The Labute approximate surface area is 170 Å². The van der Waals surface area contributed by atoms with E-state index in [2.05, 4.69) is 24.2 Å². The highest BCUT2D eigenvalue weighted by atomic mass is 35.5. The number of hydrogen-bond donors (Lipinski definition) is 1. The standard InChI is InChI=1S/C22H24ClN3O2/c1-14(2)15-7-11-18(12-8-15)24-19(27)13-26-21(28)20(25-22(26,3)4)16-5-9-17(23)10-6-16/h5-12,14H,13H2,1-4H3,(H,24,27). The SMILES string of the molecule is CC(C)c1ccc(NC(=O)CN2C(=O)C(c3ccc(Cl)cc3)=NC2(C)C)cc1. The Morgan fingerprint density at radius 3 is 2.29 bits per heavy atom. The molecule has 146 valence electrons. The van der Waals surface area contributed by atoms with Crippen LogP contribution < -0.4 is 5.32 Å². The zero-order chi connectivity index (χ0) is 20.5. The van der Waals surface area contributed by atoms with Crippen molar-refractivity contribution in [1.82, 2.24) is 4.90 Å². The van der Waals surface area contributed by atoms with E-state index in [4.69, 9.17) is 11.6 Å². The fourth-order valence-corrected chi connectivity index (χ4v) is 3.24. The van der Waals surface area contributed by atoms with Gasteiger partial charge in [-0.3, -0.25) is 14.6 Å². The van der Waals surface area contributed by atoms with E-state index in [9.17, 15) is 9.59 Å². The van der Waals surface area contributed by atoms with E-state index >= 15 is 0 Å². The summed E-state index contributed by atoms with van der Waals surface area (Å²) in [5.74, 6) is -0.0971. The molecule has 0 atom stereocenters. The average Bonchev–Trinajstić information content (AvgIpc) is 2.86. The second-order valence-corrected chi connectivity index (χ2v) is 8.11. The Bertz CT molecular complexity index is 916. The predicted molar refractivity (Wildman–Crippen MR) is 113 cm³/mol. The molecule has 1 aliphatic rings.